The van der Waals surface area contributed by atoms with E-state index in [2.05, 4.69) is 5.32 Å². The maximum atomic E-state index is 12.3. The molecule has 0 aliphatic carbocycles. The van der Waals surface area contributed by atoms with Crippen LogP contribution in [0.5, 0.6) is 0 Å². The average molecular weight is 296 g/mol. The highest BCUT2D eigenvalue weighted by Gasteiger charge is 2.36. The van der Waals surface area contributed by atoms with Crippen molar-refractivity contribution in [2.24, 2.45) is 0 Å². The molecule has 3 aliphatic heterocycles. The normalized spacial score (nSPS) is 35.1. The molecule has 0 aromatic heterocycles. The van der Waals surface area contributed by atoms with E-state index in [4.69, 9.17) is 9.47 Å². The Morgan fingerprint density at radius 2 is 2.05 bits per heavy atom. The Kier molecular flexibility index (Phi) is 5.14. The molecule has 21 heavy (non-hydrogen) atoms. The fraction of sp³-hybridized carbons (Fsp3) is 0.938. The molecule has 0 aromatic carbocycles. The third-order valence-corrected chi connectivity index (χ3v) is 5.18. The van der Waals surface area contributed by atoms with Crippen molar-refractivity contribution >= 4 is 5.91 Å². The summed E-state index contributed by atoms with van der Waals surface area (Å²) in [5, 5.41) is 3.62. The monoisotopic (exact) mass is 296 g/mol. The van der Waals surface area contributed by atoms with Gasteiger partial charge in [-0.15, -0.1) is 0 Å². The van der Waals surface area contributed by atoms with Gasteiger partial charge >= 0.3 is 0 Å². The van der Waals surface area contributed by atoms with Gasteiger partial charge in [-0.1, -0.05) is 0 Å². The van der Waals surface area contributed by atoms with Crippen molar-refractivity contribution in [3.05, 3.63) is 0 Å². The molecule has 1 N–H and O–H groups in total. The van der Waals surface area contributed by atoms with Crippen LogP contribution in [0.3, 0.4) is 0 Å². The number of carbonyl (C=O) groups excluding carboxylic acids is 1. The molecule has 3 rings (SSSR count). The molecule has 0 saturated carbocycles. The summed E-state index contributed by atoms with van der Waals surface area (Å²) in [6.45, 7) is 2.00. The van der Waals surface area contributed by atoms with E-state index in [1.807, 2.05) is 11.9 Å². The predicted octanol–water partition coefficient (Wildman–Crippen LogP) is 1.31. The first-order chi connectivity index (χ1) is 10.2. The van der Waals surface area contributed by atoms with E-state index in [1.54, 1.807) is 0 Å². The number of hydrogen-bond donors (Lipinski definition) is 1. The Morgan fingerprint density at radius 1 is 1.29 bits per heavy atom. The molecular weight excluding hydrogens is 268 g/mol. The molecule has 0 aromatic rings. The molecule has 3 aliphatic rings. The smallest absolute Gasteiger partial charge is 0.224 e. The van der Waals surface area contributed by atoms with Crippen LogP contribution in [-0.2, 0) is 14.3 Å². The highest BCUT2D eigenvalue weighted by molar-refractivity contribution is 5.76. The average Bonchev–Trinajstić information content (AvgIpc) is 3.12. The molecule has 5 nitrogen and oxygen atoms in total. The highest BCUT2D eigenvalue weighted by Crippen LogP contribution is 2.29. The fourth-order valence-corrected chi connectivity index (χ4v) is 3.87. The first-order valence-electron chi connectivity index (χ1n) is 8.43. The lowest BCUT2D eigenvalue weighted by Gasteiger charge is -2.35. The molecule has 5 heteroatoms. The molecule has 3 fully saturated rings. The van der Waals surface area contributed by atoms with Gasteiger partial charge in [-0.3, -0.25) is 4.79 Å². The van der Waals surface area contributed by atoms with E-state index in [-0.39, 0.29) is 12.0 Å². The molecule has 3 heterocycles. The van der Waals surface area contributed by atoms with Crippen molar-refractivity contribution in [2.45, 2.75) is 69.2 Å². The van der Waals surface area contributed by atoms with E-state index in [9.17, 15) is 4.79 Å². The van der Waals surface area contributed by atoms with Gasteiger partial charge in [0.15, 0.2) is 0 Å². The van der Waals surface area contributed by atoms with Crippen LogP contribution < -0.4 is 5.32 Å². The molecule has 3 unspecified atom stereocenters. The number of nitrogens with one attached hydrogen (secondary N) is 1. The van der Waals surface area contributed by atoms with Gasteiger partial charge in [-0.05, 0) is 38.5 Å². The number of hydrogen-bond acceptors (Lipinski definition) is 4. The topological polar surface area (TPSA) is 50.8 Å². The van der Waals surface area contributed by atoms with Crippen LogP contribution in [0, 0.1) is 0 Å². The Labute approximate surface area is 127 Å². The van der Waals surface area contributed by atoms with E-state index in [1.165, 1.54) is 12.8 Å². The van der Waals surface area contributed by atoms with Crippen LogP contribution >= 0.6 is 0 Å². The molecule has 120 valence electrons. The number of piperidine rings is 1. The second-order valence-corrected chi connectivity index (χ2v) is 6.73. The molecule has 0 spiro atoms. The zero-order valence-corrected chi connectivity index (χ0v) is 13.1. The van der Waals surface area contributed by atoms with Gasteiger partial charge in [0.25, 0.3) is 0 Å². The number of carbonyl (C=O) groups is 1. The van der Waals surface area contributed by atoms with Gasteiger partial charge in [0.05, 0.1) is 25.7 Å². The van der Waals surface area contributed by atoms with Gasteiger partial charge in [-0.2, -0.15) is 0 Å². The molecule has 3 atom stereocenters. The van der Waals surface area contributed by atoms with Crippen LogP contribution in [0.4, 0.5) is 0 Å². The van der Waals surface area contributed by atoms with Crippen LogP contribution in [0.25, 0.3) is 0 Å². The van der Waals surface area contributed by atoms with Crippen molar-refractivity contribution in [2.75, 3.05) is 26.9 Å². The summed E-state index contributed by atoms with van der Waals surface area (Å²) < 4.78 is 11.1. The molecule has 2 bridgehead atoms. The standard InChI is InChI=1S/C16H28N2O3/c1-18(14-9-12-4-5-13(10-14)17-12)16(19)6-8-20-11-15-3-2-7-21-15/h12-15,17H,2-11H2,1H3. The summed E-state index contributed by atoms with van der Waals surface area (Å²) in [4.78, 5) is 14.2. The van der Waals surface area contributed by atoms with Crippen LogP contribution in [0.15, 0.2) is 0 Å². The summed E-state index contributed by atoms with van der Waals surface area (Å²) in [6, 6.07) is 1.66. The first kappa shape index (κ1) is 15.3. The number of amides is 1. The number of nitrogens with zero attached hydrogens (tertiary/aromatic N) is 1. The minimum absolute atomic E-state index is 0.216. The maximum absolute atomic E-state index is 12.3. The molecule has 0 radical (unpaired) electrons. The minimum atomic E-state index is 0.216. The Balaban J connectivity index is 1.34. The van der Waals surface area contributed by atoms with Gasteiger partial charge in [-0.25, -0.2) is 0 Å². The predicted molar refractivity (Wildman–Crippen MR) is 80.1 cm³/mol. The Morgan fingerprint density at radius 3 is 2.71 bits per heavy atom. The van der Waals surface area contributed by atoms with E-state index < -0.39 is 0 Å². The van der Waals surface area contributed by atoms with E-state index >= 15 is 0 Å². The van der Waals surface area contributed by atoms with Crippen molar-refractivity contribution in [1.82, 2.24) is 10.2 Å². The lowest BCUT2D eigenvalue weighted by molar-refractivity contribution is -0.134. The quantitative estimate of drug-likeness (QED) is 0.751. The third kappa shape index (κ3) is 3.96. The van der Waals surface area contributed by atoms with Crippen molar-refractivity contribution in [3.8, 4) is 0 Å². The van der Waals surface area contributed by atoms with Gasteiger partial charge in [0.2, 0.25) is 5.91 Å². The van der Waals surface area contributed by atoms with Gasteiger partial charge < -0.3 is 19.7 Å². The van der Waals surface area contributed by atoms with E-state index in [0.717, 1.165) is 32.3 Å². The first-order valence-corrected chi connectivity index (χ1v) is 8.43. The van der Waals surface area contributed by atoms with Gasteiger partial charge in [0, 0.05) is 31.8 Å². The van der Waals surface area contributed by atoms with Crippen molar-refractivity contribution < 1.29 is 14.3 Å². The summed E-state index contributed by atoms with van der Waals surface area (Å²) in [5.74, 6) is 0.216. The summed E-state index contributed by atoms with van der Waals surface area (Å²) in [5.41, 5.74) is 0. The van der Waals surface area contributed by atoms with Crippen molar-refractivity contribution in [3.63, 3.8) is 0 Å². The van der Waals surface area contributed by atoms with Crippen LogP contribution in [-0.4, -0.2) is 61.9 Å². The Hall–Kier alpha value is -0.650. The summed E-state index contributed by atoms with van der Waals surface area (Å²) >= 11 is 0. The highest BCUT2D eigenvalue weighted by atomic mass is 16.5. The third-order valence-electron chi connectivity index (χ3n) is 5.18. The second-order valence-electron chi connectivity index (χ2n) is 6.73. The van der Waals surface area contributed by atoms with Crippen LogP contribution in [0.2, 0.25) is 0 Å². The Bertz CT molecular complexity index is 345. The lowest BCUT2D eigenvalue weighted by atomic mass is 9.98. The lowest BCUT2D eigenvalue weighted by Crippen LogP contribution is -2.48. The molecule has 3 saturated heterocycles. The minimum Gasteiger partial charge on any atom is -0.378 e. The van der Waals surface area contributed by atoms with Crippen molar-refractivity contribution in [1.29, 1.82) is 0 Å². The number of ether oxygens (including phenoxy) is 2. The largest absolute Gasteiger partial charge is 0.378 e. The number of rotatable bonds is 6. The molecule has 1 amide bonds. The number of fused-ring (bicyclic) bond motifs is 2. The summed E-state index contributed by atoms with van der Waals surface area (Å²) in [6.07, 6.45) is 7.71. The SMILES string of the molecule is CN(C(=O)CCOCC1CCCO1)C1CC2CCC(C1)N2. The zero-order chi connectivity index (χ0) is 14.7. The second kappa shape index (κ2) is 7.07. The fourth-order valence-electron chi connectivity index (χ4n) is 3.87. The van der Waals surface area contributed by atoms with Gasteiger partial charge in [0.1, 0.15) is 0 Å². The van der Waals surface area contributed by atoms with Crippen LogP contribution in [0.1, 0.15) is 44.9 Å². The maximum Gasteiger partial charge on any atom is 0.224 e. The molecular formula is C16H28N2O3. The summed E-state index contributed by atoms with van der Waals surface area (Å²) in [7, 11) is 1.96. The zero-order valence-electron chi connectivity index (χ0n) is 13.1. The van der Waals surface area contributed by atoms with E-state index in [0.29, 0.717) is 37.8 Å².